The Bertz CT molecular complexity index is 259. The van der Waals surface area contributed by atoms with Crippen LogP contribution < -0.4 is 5.32 Å². The molecule has 2 saturated heterocycles. The fourth-order valence-corrected chi connectivity index (χ4v) is 5.20. The van der Waals surface area contributed by atoms with Crippen molar-refractivity contribution in [1.82, 2.24) is 10.2 Å². The Hall–Kier alpha value is 0.270. The number of hydrogen-bond acceptors (Lipinski definition) is 3. The summed E-state index contributed by atoms with van der Waals surface area (Å²) in [4.78, 5) is 2.71. The van der Waals surface area contributed by atoms with Crippen LogP contribution in [-0.2, 0) is 0 Å². The van der Waals surface area contributed by atoms with Gasteiger partial charge in [-0.1, -0.05) is 6.92 Å². The van der Waals surface area contributed by atoms with Crippen molar-refractivity contribution in [3.63, 3.8) is 0 Å². The van der Waals surface area contributed by atoms with Crippen LogP contribution in [0.2, 0.25) is 0 Å². The van der Waals surface area contributed by atoms with Crippen LogP contribution in [0.25, 0.3) is 0 Å². The minimum atomic E-state index is 0.813. The van der Waals surface area contributed by atoms with Gasteiger partial charge in [0.2, 0.25) is 0 Å². The summed E-state index contributed by atoms with van der Waals surface area (Å²) in [5.74, 6) is 1.29. The van der Waals surface area contributed by atoms with Crippen molar-refractivity contribution in [3.05, 3.63) is 0 Å². The summed E-state index contributed by atoms with van der Waals surface area (Å²) in [6.45, 7) is 5.00. The van der Waals surface area contributed by atoms with Gasteiger partial charge in [0, 0.05) is 29.9 Å². The molecule has 0 radical (unpaired) electrons. The first-order valence-corrected chi connectivity index (χ1v) is 8.53. The fraction of sp³-hybridized carbons (Fsp3) is 1.00. The van der Waals surface area contributed by atoms with Gasteiger partial charge in [-0.25, -0.2) is 0 Å². The monoisotopic (exact) mass is 254 g/mol. The van der Waals surface area contributed by atoms with Gasteiger partial charge in [0.15, 0.2) is 0 Å². The van der Waals surface area contributed by atoms with Crippen LogP contribution in [0.1, 0.15) is 45.4 Å². The number of thioether (sulfide) groups is 1. The van der Waals surface area contributed by atoms with Crippen LogP contribution in [0.15, 0.2) is 0 Å². The van der Waals surface area contributed by atoms with Crippen molar-refractivity contribution in [1.29, 1.82) is 0 Å². The highest BCUT2D eigenvalue weighted by Crippen LogP contribution is 2.33. The number of fused-ring (bicyclic) bond motifs is 1. The Morgan fingerprint density at radius 2 is 2.12 bits per heavy atom. The first-order chi connectivity index (χ1) is 8.36. The predicted molar refractivity (Wildman–Crippen MR) is 75.7 cm³/mol. The lowest BCUT2D eigenvalue weighted by Crippen LogP contribution is -2.43. The van der Waals surface area contributed by atoms with Gasteiger partial charge in [-0.2, -0.15) is 11.8 Å². The van der Waals surface area contributed by atoms with Crippen molar-refractivity contribution in [2.75, 3.05) is 18.8 Å². The topological polar surface area (TPSA) is 15.3 Å². The van der Waals surface area contributed by atoms with E-state index in [0.717, 1.165) is 23.4 Å². The van der Waals surface area contributed by atoms with Gasteiger partial charge in [-0.05, 0) is 50.8 Å². The summed E-state index contributed by atoms with van der Waals surface area (Å²) < 4.78 is 0. The van der Waals surface area contributed by atoms with E-state index in [2.05, 4.69) is 28.9 Å². The van der Waals surface area contributed by atoms with Crippen molar-refractivity contribution in [2.24, 2.45) is 0 Å². The average Bonchev–Trinajstić information content (AvgIpc) is 2.98. The van der Waals surface area contributed by atoms with Gasteiger partial charge in [0.05, 0.1) is 0 Å². The standard InChI is InChI=1S/C14H26N2S/c1-2-17-12-6-5-11(10-12)15-13-7-9-16-8-3-4-14(13)16/h11-15H,2-10H2,1H3. The zero-order chi connectivity index (χ0) is 11.7. The second-order valence-corrected chi connectivity index (χ2v) is 7.47. The molecule has 0 bridgehead atoms. The Balaban J connectivity index is 1.48. The molecular formula is C14H26N2S. The molecule has 0 amide bonds. The predicted octanol–water partition coefficient (Wildman–Crippen LogP) is 2.49. The molecule has 4 atom stereocenters. The summed E-state index contributed by atoms with van der Waals surface area (Å²) in [6.07, 6.45) is 8.55. The number of rotatable bonds is 4. The largest absolute Gasteiger partial charge is 0.310 e. The van der Waals surface area contributed by atoms with E-state index < -0.39 is 0 Å². The van der Waals surface area contributed by atoms with E-state index in [0.29, 0.717) is 0 Å². The second kappa shape index (κ2) is 5.50. The maximum absolute atomic E-state index is 3.98. The SMILES string of the molecule is CCSC1CCC(NC2CCN3CCCC23)C1. The molecule has 3 aliphatic rings. The lowest BCUT2D eigenvalue weighted by Gasteiger charge is -2.25. The Kier molecular flexibility index (Phi) is 3.98. The van der Waals surface area contributed by atoms with E-state index in [-0.39, 0.29) is 0 Å². The maximum Gasteiger partial charge on any atom is 0.0250 e. The van der Waals surface area contributed by atoms with Gasteiger partial charge >= 0.3 is 0 Å². The Morgan fingerprint density at radius 3 is 3.00 bits per heavy atom. The highest BCUT2D eigenvalue weighted by atomic mass is 32.2. The molecule has 3 fully saturated rings. The zero-order valence-corrected chi connectivity index (χ0v) is 11.8. The van der Waals surface area contributed by atoms with Crippen LogP contribution in [0.3, 0.4) is 0 Å². The molecule has 1 aliphatic carbocycles. The lowest BCUT2D eigenvalue weighted by molar-refractivity contribution is 0.288. The number of nitrogens with zero attached hydrogens (tertiary/aromatic N) is 1. The molecule has 0 aromatic rings. The van der Waals surface area contributed by atoms with Gasteiger partial charge < -0.3 is 5.32 Å². The van der Waals surface area contributed by atoms with Crippen LogP contribution in [0.4, 0.5) is 0 Å². The Morgan fingerprint density at radius 1 is 1.18 bits per heavy atom. The third kappa shape index (κ3) is 2.66. The maximum atomic E-state index is 3.98. The summed E-state index contributed by atoms with van der Waals surface area (Å²) in [6, 6.07) is 2.52. The highest BCUT2D eigenvalue weighted by molar-refractivity contribution is 7.99. The Labute approximate surface area is 110 Å². The average molecular weight is 254 g/mol. The van der Waals surface area contributed by atoms with Crippen molar-refractivity contribution >= 4 is 11.8 Å². The molecule has 2 aliphatic heterocycles. The van der Waals surface area contributed by atoms with Crippen LogP contribution >= 0.6 is 11.8 Å². The van der Waals surface area contributed by atoms with Crippen LogP contribution in [-0.4, -0.2) is 47.1 Å². The second-order valence-electron chi connectivity index (χ2n) is 5.89. The fourth-order valence-electron chi connectivity index (χ4n) is 4.06. The summed E-state index contributed by atoms with van der Waals surface area (Å²) in [5.41, 5.74) is 0. The van der Waals surface area contributed by atoms with Crippen molar-refractivity contribution < 1.29 is 0 Å². The van der Waals surface area contributed by atoms with Crippen molar-refractivity contribution in [2.45, 2.75) is 68.8 Å². The molecule has 0 aromatic heterocycles. The van der Waals surface area contributed by atoms with E-state index in [4.69, 9.17) is 0 Å². The molecule has 3 rings (SSSR count). The van der Waals surface area contributed by atoms with Crippen LogP contribution in [0, 0.1) is 0 Å². The molecular weight excluding hydrogens is 228 g/mol. The van der Waals surface area contributed by atoms with Crippen molar-refractivity contribution in [3.8, 4) is 0 Å². The number of nitrogens with one attached hydrogen (secondary N) is 1. The molecule has 2 heterocycles. The van der Waals surface area contributed by atoms with E-state index >= 15 is 0 Å². The first-order valence-electron chi connectivity index (χ1n) is 7.48. The highest BCUT2D eigenvalue weighted by Gasteiger charge is 2.38. The molecule has 1 saturated carbocycles. The molecule has 0 spiro atoms. The van der Waals surface area contributed by atoms with Gasteiger partial charge in [-0.3, -0.25) is 4.90 Å². The summed E-state index contributed by atoms with van der Waals surface area (Å²) >= 11 is 2.17. The quantitative estimate of drug-likeness (QED) is 0.830. The zero-order valence-electron chi connectivity index (χ0n) is 11.0. The van der Waals surface area contributed by atoms with E-state index in [1.54, 1.807) is 0 Å². The minimum absolute atomic E-state index is 0.813. The molecule has 98 valence electrons. The molecule has 3 heteroatoms. The molecule has 1 N–H and O–H groups in total. The van der Waals surface area contributed by atoms with Crippen LogP contribution in [0.5, 0.6) is 0 Å². The molecule has 17 heavy (non-hydrogen) atoms. The first kappa shape index (κ1) is 12.3. The van der Waals surface area contributed by atoms with E-state index in [9.17, 15) is 0 Å². The van der Waals surface area contributed by atoms with E-state index in [1.807, 2.05) is 0 Å². The van der Waals surface area contributed by atoms with Gasteiger partial charge in [0.25, 0.3) is 0 Å². The molecule has 0 aromatic carbocycles. The third-order valence-corrected chi connectivity index (χ3v) is 6.08. The summed E-state index contributed by atoms with van der Waals surface area (Å²) in [5, 5.41) is 4.93. The summed E-state index contributed by atoms with van der Waals surface area (Å²) in [7, 11) is 0. The molecule has 4 unspecified atom stereocenters. The molecule has 2 nitrogen and oxygen atoms in total. The normalized spacial score (nSPS) is 42.2. The third-order valence-electron chi connectivity index (χ3n) is 4.84. The van der Waals surface area contributed by atoms with E-state index in [1.165, 1.54) is 57.4 Å². The number of hydrogen-bond donors (Lipinski definition) is 1. The minimum Gasteiger partial charge on any atom is -0.310 e. The van der Waals surface area contributed by atoms with Gasteiger partial charge in [0.1, 0.15) is 0 Å². The lowest BCUT2D eigenvalue weighted by atomic mass is 10.1. The smallest absolute Gasteiger partial charge is 0.0250 e. The van der Waals surface area contributed by atoms with Gasteiger partial charge in [-0.15, -0.1) is 0 Å².